The number of hydrogen-bond acceptors (Lipinski definition) is 2. The minimum atomic E-state index is 0.920. The molecular formula is C50H42N4. The van der Waals surface area contributed by atoms with E-state index in [4.69, 9.17) is 9.97 Å². The number of aryl methyl sites for hydroxylation is 1. The molecule has 0 radical (unpaired) electrons. The van der Waals surface area contributed by atoms with Crippen molar-refractivity contribution >= 4 is 46.4 Å². The molecule has 0 spiro atoms. The molecule has 0 aliphatic carbocycles. The first-order chi connectivity index (χ1) is 26.7. The number of fused-ring (bicyclic) bond motifs is 8. The van der Waals surface area contributed by atoms with Crippen LogP contribution >= 0.6 is 0 Å². The molecule has 0 amide bonds. The van der Waals surface area contributed by atoms with Crippen molar-refractivity contribution in [2.24, 2.45) is 0 Å². The maximum atomic E-state index is 5.50. The number of unbranched alkanes of at least 4 members (excludes halogenated alkanes) is 3. The van der Waals surface area contributed by atoms with Crippen molar-refractivity contribution in [2.75, 3.05) is 0 Å². The minimum Gasteiger partial charge on any atom is -0.354 e. The molecule has 4 aromatic carbocycles. The lowest BCUT2D eigenvalue weighted by atomic mass is 9.99. The zero-order valence-corrected chi connectivity index (χ0v) is 30.5. The predicted octanol–water partition coefficient (Wildman–Crippen LogP) is 13.4. The molecule has 2 aliphatic heterocycles. The Balaban J connectivity index is 1.48. The van der Waals surface area contributed by atoms with Crippen LogP contribution in [0.15, 0.2) is 140 Å². The Kier molecular flexibility index (Phi) is 9.16. The second-order valence-electron chi connectivity index (χ2n) is 14.1. The second-order valence-corrected chi connectivity index (χ2v) is 14.1. The van der Waals surface area contributed by atoms with Gasteiger partial charge in [-0.2, -0.15) is 0 Å². The van der Waals surface area contributed by atoms with E-state index in [1.165, 1.54) is 24.8 Å². The standard InChI is InChI=1S/C50H42N4/c1-2-3-4-9-26-38-33-45-48(36-22-14-7-15-23-36)43-30-29-41(52-43)46(34-18-10-5-11-19-34)39-27-28-40(51-39)47(35-20-12-6-13-21-35)42-31-32-44(53-42)49(50(38)54-45)37-24-16-8-17-25-37/h5-8,10-25,27-33,51,54H,2-4,9,26H2,1H3. The highest BCUT2D eigenvalue weighted by atomic mass is 14.8. The number of nitrogens with one attached hydrogen (secondary N) is 2. The zero-order valence-electron chi connectivity index (χ0n) is 30.5. The highest BCUT2D eigenvalue weighted by Gasteiger charge is 2.20. The van der Waals surface area contributed by atoms with E-state index in [0.29, 0.717) is 0 Å². The Morgan fingerprint density at radius 1 is 0.407 bits per heavy atom. The molecule has 9 rings (SSSR count). The Morgan fingerprint density at radius 2 is 0.815 bits per heavy atom. The summed E-state index contributed by atoms with van der Waals surface area (Å²) in [5.74, 6) is 0. The molecule has 262 valence electrons. The lowest BCUT2D eigenvalue weighted by Crippen LogP contribution is -1.91. The number of H-pyrrole nitrogens is 2. The Hall–Kier alpha value is -6.52. The summed E-state index contributed by atoms with van der Waals surface area (Å²) in [6, 6.07) is 49.3. The molecular weight excluding hydrogens is 657 g/mol. The summed E-state index contributed by atoms with van der Waals surface area (Å²) in [5.41, 5.74) is 18.0. The van der Waals surface area contributed by atoms with Gasteiger partial charge in [-0.15, -0.1) is 0 Å². The van der Waals surface area contributed by atoms with E-state index in [9.17, 15) is 0 Å². The molecule has 2 aliphatic rings. The normalized spacial score (nSPS) is 12.0. The molecule has 0 atom stereocenters. The molecule has 5 heterocycles. The Morgan fingerprint density at radius 3 is 1.26 bits per heavy atom. The van der Waals surface area contributed by atoms with Crippen LogP contribution in [0.25, 0.3) is 90.9 Å². The van der Waals surface area contributed by atoms with Gasteiger partial charge in [-0.1, -0.05) is 148 Å². The number of hydrogen-bond donors (Lipinski definition) is 2. The van der Waals surface area contributed by atoms with Crippen molar-refractivity contribution in [3.63, 3.8) is 0 Å². The Bertz CT molecular complexity index is 2670. The van der Waals surface area contributed by atoms with E-state index in [1.807, 2.05) is 0 Å². The molecule has 0 saturated carbocycles. The highest BCUT2D eigenvalue weighted by Crippen LogP contribution is 2.39. The van der Waals surface area contributed by atoms with Crippen LogP contribution in [0.5, 0.6) is 0 Å². The molecule has 7 aromatic rings. The monoisotopic (exact) mass is 698 g/mol. The lowest BCUT2D eigenvalue weighted by molar-refractivity contribution is 0.668. The summed E-state index contributed by atoms with van der Waals surface area (Å²) in [6.07, 6.45) is 14.4. The van der Waals surface area contributed by atoms with Crippen molar-refractivity contribution in [1.29, 1.82) is 0 Å². The first-order valence-corrected chi connectivity index (χ1v) is 19.2. The van der Waals surface area contributed by atoms with Crippen LogP contribution in [-0.2, 0) is 6.42 Å². The quantitative estimate of drug-likeness (QED) is 0.147. The third-order valence-electron chi connectivity index (χ3n) is 10.5. The first kappa shape index (κ1) is 33.3. The molecule has 54 heavy (non-hydrogen) atoms. The molecule has 4 nitrogen and oxygen atoms in total. The van der Waals surface area contributed by atoms with Crippen LogP contribution in [0.3, 0.4) is 0 Å². The number of rotatable bonds is 9. The number of nitrogens with zero attached hydrogens (tertiary/aromatic N) is 2. The van der Waals surface area contributed by atoms with Crippen LogP contribution in [0.4, 0.5) is 0 Å². The van der Waals surface area contributed by atoms with Crippen LogP contribution in [0.2, 0.25) is 0 Å². The summed E-state index contributed by atoms with van der Waals surface area (Å²) >= 11 is 0. The van der Waals surface area contributed by atoms with Crippen molar-refractivity contribution in [3.8, 4) is 44.5 Å². The fourth-order valence-electron chi connectivity index (χ4n) is 7.93. The lowest BCUT2D eigenvalue weighted by Gasteiger charge is -2.08. The van der Waals surface area contributed by atoms with Crippen LogP contribution in [0.1, 0.15) is 60.9 Å². The minimum absolute atomic E-state index is 0.920. The number of benzene rings is 4. The number of aromatic nitrogens is 4. The number of aromatic amines is 2. The van der Waals surface area contributed by atoms with Gasteiger partial charge in [0, 0.05) is 38.8 Å². The maximum Gasteiger partial charge on any atom is 0.0737 e. The molecule has 0 unspecified atom stereocenters. The van der Waals surface area contributed by atoms with Gasteiger partial charge in [-0.3, -0.25) is 0 Å². The average molecular weight is 699 g/mol. The third-order valence-corrected chi connectivity index (χ3v) is 10.5. The highest BCUT2D eigenvalue weighted by molar-refractivity contribution is 6.00. The average Bonchev–Trinajstić information content (AvgIpc) is 4.06. The molecule has 2 N–H and O–H groups in total. The third kappa shape index (κ3) is 6.41. The van der Waals surface area contributed by atoms with Crippen LogP contribution in [0, 0.1) is 0 Å². The van der Waals surface area contributed by atoms with Gasteiger partial charge in [0.15, 0.2) is 0 Å². The molecule has 8 bridgehead atoms. The van der Waals surface area contributed by atoms with Crippen molar-refractivity contribution in [1.82, 2.24) is 19.9 Å². The van der Waals surface area contributed by atoms with Gasteiger partial charge in [-0.25, -0.2) is 9.97 Å². The Labute approximate surface area is 316 Å². The van der Waals surface area contributed by atoms with E-state index in [-0.39, 0.29) is 0 Å². The predicted molar refractivity (Wildman–Crippen MR) is 228 cm³/mol. The van der Waals surface area contributed by atoms with Crippen LogP contribution in [-0.4, -0.2) is 19.9 Å². The topological polar surface area (TPSA) is 57.4 Å². The van der Waals surface area contributed by atoms with Gasteiger partial charge in [0.25, 0.3) is 0 Å². The van der Waals surface area contributed by atoms with E-state index in [2.05, 4.69) is 181 Å². The summed E-state index contributed by atoms with van der Waals surface area (Å²) in [5, 5.41) is 0. The molecule has 3 aromatic heterocycles. The van der Waals surface area contributed by atoms with Gasteiger partial charge >= 0.3 is 0 Å². The van der Waals surface area contributed by atoms with E-state index in [1.54, 1.807) is 0 Å². The first-order valence-electron chi connectivity index (χ1n) is 19.2. The van der Waals surface area contributed by atoms with Gasteiger partial charge in [-0.05, 0) is 83.2 Å². The van der Waals surface area contributed by atoms with Crippen molar-refractivity contribution in [3.05, 3.63) is 168 Å². The zero-order chi connectivity index (χ0) is 36.3. The summed E-state index contributed by atoms with van der Waals surface area (Å²) < 4.78 is 0. The van der Waals surface area contributed by atoms with Crippen molar-refractivity contribution in [2.45, 2.75) is 39.0 Å². The van der Waals surface area contributed by atoms with Gasteiger partial charge < -0.3 is 9.97 Å². The van der Waals surface area contributed by atoms with E-state index >= 15 is 0 Å². The summed E-state index contributed by atoms with van der Waals surface area (Å²) in [6.45, 7) is 2.27. The van der Waals surface area contributed by atoms with Crippen molar-refractivity contribution < 1.29 is 0 Å². The van der Waals surface area contributed by atoms with Gasteiger partial charge in [0.1, 0.15) is 0 Å². The fraction of sp³-hybridized carbons (Fsp3) is 0.120. The molecule has 0 saturated heterocycles. The summed E-state index contributed by atoms with van der Waals surface area (Å²) in [7, 11) is 0. The van der Waals surface area contributed by atoms with Gasteiger partial charge in [0.05, 0.1) is 28.3 Å². The fourth-order valence-corrected chi connectivity index (χ4v) is 7.93. The van der Waals surface area contributed by atoms with E-state index in [0.717, 1.165) is 102 Å². The van der Waals surface area contributed by atoms with E-state index < -0.39 is 0 Å². The smallest absolute Gasteiger partial charge is 0.0737 e. The maximum absolute atomic E-state index is 5.50. The SMILES string of the molecule is CCCCCCc1cc2[nH]c1c(-c1ccccc1)c1nc(c(-c3ccccc3)c3ccc([nH]3)c(-c3ccccc3)c3nc(c2-c2ccccc2)C=C3)C=C1. The van der Waals surface area contributed by atoms with Gasteiger partial charge in [0.2, 0.25) is 0 Å². The molecule has 4 heteroatoms. The largest absolute Gasteiger partial charge is 0.354 e. The summed E-state index contributed by atoms with van der Waals surface area (Å²) in [4.78, 5) is 18.8. The van der Waals surface area contributed by atoms with Crippen LogP contribution < -0.4 is 0 Å². The second kappa shape index (κ2) is 14.8. The molecule has 0 fully saturated rings.